The Hall–Kier alpha value is -2.73. The lowest BCUT2D eigenvalue weighted by Crippen LogP contribution is -2.43. The van der Waals surface area contributed by atoms with Crippen molar-refractivity contribution in [3.8, 4) is 11.5 Å². The molecule has 1 aliphatic heterocycles. The van der Waals surface area contributed by atoms with Crippen LogP contribution >= 0.6 is 0 Å². The Morgan fingerprint density at radius 2 is 1.88 bits per heavy atom. The van der Waals surface area contributed by atoms with Crippen molar-refractivity contribution in [1.29, 1.82) is 0 Å². The first-order valence-corrected chi connectivity index (χ1v) is 8.73. The number of amides is 2. The van der Waals surface area contributed by atoms with Crippen LogP contribution in [0, 0.1) is 0 Å². The first-order chi connectivity index (χ1) is 12.5. The second-order valence-electron chi connectivity index (χ2n) is 6.54. The zero-order chi connectivity index (χ0) is 18.4. The average Bonchev–Trinajstić information content (AvgIpc) is 3.12. The van der Waals surface area contributed by atoms with Gasteiger partial charge in [-0.05, 0) is 43.0 Å². The van der Waals surface area contributed by atoms with Crippen LogP contribution in [0.5, 0.6) is 11.5 Å². The van der Waals surface area contributed by atoms with Gasteiger partial charge in [0.2, 0.25) is 6.79 Å². The number of urea groups is 1. The van der Waals surface area contributed by atoms with Gasteiger partial charge in [0, 0.05) is 6.54 Å². The number of benzene rings is 2. The Bertz CT molecular complexity index is 747. The average molecular weight is 356 g/mol. The molecule has 1 heterocycles. The Morgan fingerprint density at radius 3 is 2.69 bits per heavy atom. The number of hydrogen-bond acceptors (Lipinski definition) is 4. The minimum Gasteiger partial charge on any atom is -0.454 e. The molecule has 0 saturated carbocycles. The third kappa shape index (κ3) is 4.67. The highest BCUT2D eigenvalue weighted by Gasteiger charge is 2.26. The highest BCUT2D eigenvalue weighted by atomic mass is 16.7. The van der Waals surface area contributed by atoms with Gasteiger partial charge in [0.25, 0.3) is 0 Å². The van der Waals surface area contributed by atoms with Gasteiger partial charge in [-0.25, -0.2) is 4.79 Å². The molecule has 1 aliphatic rings. The summed E-state index contributed by atoms with van der Waals surface area (Å²) in [6.45, 7) is 2.51. The molecule has 3 rings (SSSR count). The van der Waals surface area contributed by atoms with Crippen LogP contribution in [-0.4, -0.2) is 31.0 Å². The maximum Gasteiger partial charge on any atom is 0.314 e. The molecular weight excluding hydrogens is 332 g/mol. The monoisotopic (exact) mass is 356 g/mol. The number of aryl methyl sites for hydroxylation is 1. The zero-order valence-corrected chi connectivity index (χ0v) is 14.8. The van der Waals surface area contributed by atoms with Gasteiger partial charge in [-0.2, -0.15) is 0 Å². The number of carbonyl (C=O) groups is 1. The van der Waals surface area contributed by atoms with Crippen LogP contribution in [0.2, 0.25) is 0 Å². The van der Waals surface area contributed by atoms with Crippen LogP contribution in [0.3, 0.4) is 0 Å². The van der Waals surface area contributed by atoms with E-state index in [4.69, 9.17) is 9.47 Å². The maximum absolute atomic E-state index is 11.9. The summed E-state index contributed by atoms with van der Waals surface area (Å²) in [6, 6.07) is 15.1. The van der Waals surface area contributed by atoms with Crippen LogP contribution in [0.25, 0.3) is 0 Å². The largest absolute Gasteiger partial charge is 0.454 e. The number of aliphatic hydroxyl groups is 1. The lowest BCUT2D eigenvalue weighted by atomic mass is 9.95. The van der Waals surface area contributed by atoms with Crippen molar-refractivity contribution >= 4 is 6.03 Å². The fraction of sp³-hybridized carbons (Fsp3) is 0.350. The van der Waals surface area contributed by atoms with Gasteiger partial charge in [0.1, 0.15) is 5.60 Å². The summed E-state index contributed by atoms with van der Waals surface area (Å²) in [5, 5.41) is 16.2. The van der Waals surface area contributed by atoms with Crippen molar-refractivity contribution in [3.05, 3.63) is 59.7 Å². The topological polar surface area (TPSA) is 79.8 Å². The minimum absolute atomic E-state index is 0.0944. The van der Waals surface area contributed by atoms with E-state index in [1.807, 2.05) is 18.2 Å². The number of rotatable bonds is 7. The third-order valence-corrected chi connectivity index (χ3v) is 4.36. The van der Waals surface area contributed by atoms with Crippen LogP contribution in [0.1, 0.15) is 24.5 Å². The molecule has 2 amide bonds. The Balaban J connectivity index is 1.41. The van der Waals surface area contributed by atoms with Gasteiger partial charge >= 0.3 is 6.03 Å². The summed E-state index contributed by atoms with van der Waals surface area (Å²) >= 11 is 0. The van der Waals surface area contributed by atoms with E-state index < -0.39 is 5.60 Å². The van der Waals surface area contributed by atoms with Gasteiger partial charge in [0.05, 0.1) is 6.54 Å². The second-order valence-corrected chi connectivity index (χ2v) is 6.54. The SMILES string of the molecule is CC(O)(CNC(=O)NCCCc1ccccc1)c1ccc2c(c1)OCO2. The summed E-state index contributed by atoms with van der Waals surface area (Å²) in [5.41, 5.74) is 0.703. The molecule has 0 aliphatic carbocycles. The fourth-order valence-corrected chi connectivity index (χ4v) is 2.79. The van der Waals surface area contributed by atoms with E-state index in [0.717, 1.165) is 12.8 Å². The summed E-state index contributed by atoms with van der Waals surface area (Å²) < 4.78 is 10.6. The highest BCUT2D eigenvalue weighted by molar-refractivity contribution is 5.73. The molecule has 26 heavy (non-hydrogen) atoms. The molecule has 138 valence electrons. The summed E-state index contributed by atoms with van der Waals surface area (Å²) in [4.78, 5) is 11.9. The third-order valence-electron chi connectivity index (χ3n) is 4.36. The van der Waals surface area contributed by atoms with Crippen LogP contribution in [-0.2, 0) is 12.0 Å². The number of hydrogen-bond donors (Lipinski definition) is 3. The van der Waals surface area contributed by atoms with Gasteiger partial charge in [-0.3, -0.25) is 0 Å². The minimum atomic E-state index is -1.21. The molecule has 2 aromatic rings. The van der Waals surface area contributed by atoms with E-state index in [1.165, 1.54) is 5.56 Å². The van der Waals surface area contributed by atoms with Crippen molar-refractivity contribution in [3.63, 3.8) is 0 Å². The van der Waals surface area contributed by atoms with Crippen LogP contribution < -0.4 is 20.1 Å². The first kappa shape index (κ1) is 18.1. The van der Waals surface area contributed by atoms with Crippen molar-refractivity contribution in [2.24, 2.45) is 0 Å². The molecule has 0 saturated heterocycles. The summed E-state index contributed by atoms with van der Waals surface area (Å²) in [7, 11) is 0. The number of ether oxygens (including phenoxy) is 2. The molecule has 0 spiro atoms. The Morgan fingerprint density at radius 1 is 1.12 bits per heavy atom. The number of fused-ring (bicyclic) bond motifs is 1. The van der Waals surface area contributed by atoms with Gasteiger partial charge in [-0.15, -0.1) is 0 Å². The second kappa shape index (κ2) is 8.10. The predicted molar refractivity (Wildman–Crippen MR) is 98.3 cm³/mol. The molecule has 1 unspecified atom stereocenters. The molecule has 0 fully saturated rings. The first-order valence-electron chi connectivity index (χ1n) is 8.73. The lowest BCUT2D eigenvalue weighted by molar-refractivity contribution is 0.0592. The van der Waals surface area contributed by atoms with E-state index in [0.29, 0.717) is 23.6 Å². The van der Waals surface area contributed by atoms with E-state index >= 15 is 0 Å². The Kier molecular flexibility index (Phi) is 5.63. The van der Waals surface area contributed by atoms with E-state index in [2.05, 4.69) is 22.8 Å². The normalized spacial score (nSPS) is 14.5. The van der Waals surface area contributed by atoms with Crippen molar-refractivity contribution in [1.82, 2.24) is 10.6 Å². The highest BCUT2D eigenvalue weighted by Crippen LogP contribution is 2.35. The summed E-state index contributed by atoms with van der Waals surface area (Å²) in [6.07, 6.45) is 1.77. The molecule has 6 heteroatoms. The summed E-state index contributed by atoms with van der Waals surface area (Å²) in [5.74, 6) is 1.27. The molecule has 3 N–H and O–H groups in total. The van der Waals surface area contributed by atoms with Crippen molar-refractivity contribution in [2.45, 2.75) is 25.4 Å². The van der Waals surface area contributed by atoms with E-state index in [-0.39, 0.29) is 19.4 Å². The van der Waals surface area contributed by atoms with Crippen molar-refractivity contribution < 1.29 is 19.4 Å². The molecule has 2 aromatic carbocycles. The molecule has 6 nitrogen and oxygen atoms in total. The lowest BCUT2D eigenvalue weighted by Gasteiger charge is -2.24. The van der Waals surface area contributed by atoms with E-state index in [1.54, 1.807) is 25.1 Å². The van der Waals surface area contributed by atoms with Gasteiger partial charge in [0.15, 0.2) is 11.5 Å². The predicted octanol–water partition coefficient (Wildman–Crippen LogP) is 2.55. The van der Waals surface area contributed by atoms with Crippen LogP contribution in [0.4, 0.5) is 4.79 Å². The molecule has 0 aromatic heterocycles. The fourth-order valence-electron chi connectivity index (χ4n) is 2.79. The Labute approximate surface area is 153 Å². The zero-order valence-electron chi connectivity index (χ0n) is 14.8. The molecule has 1 atom stereocenters. The molecular formula is C20H24N2O4. The molecule has 0 bridgehead atoms. The smallest absolute Gasteiger partial charge is 0.314 e. The van der Waals surface area contributed by atoms with Gasteiger partial charge in [-0.1, -0.05) is 36.4 Å². The number of carbonyl (C=O) groups excluding carboxylic acids is 1. The van der Waals surface area contributed by atoms with Crippen molar-refractivity contribution in [2.75, 3.05) is 19.9 Å². The number of nitrogens with one attached hydrogen (secondary N) is 2. The quantitative estimate of drug-likeness (QED) is 0.666. The maximum atomic E-state index is 11.9. The molecule has 0 radical (unpaired) electrons. The van der Waals surface area contributed by atoms with Crippen LogP contribution in [0.15, 0.2) is 48.5 Å². The van der Waals surface area contributed by atoms with Gasteiger partial charge < -0.3 is 25.2 Å². The van der Waals surface area contributed by atoms with E-state index in [9.17, 15) is 9.90 Å². The standard InChI is InChI=1S/C20H24N2O4/c1-20(24,16-9-10-17-18(12-16)26-14-25-17)13-22-19(23)21-11-5-8-15-6-3-2-4-7-15/h2-4,6-7,9-10,12,24H,5,8,11,13-14H2,1H3,(H2,21,22,23).